The van der Waals surface area contributed by atoms with Crippen molar-refractivity contribution in [2.75, 3.05) is 5.73 Å². The minimum atomic E-state index is -1.34. The third kappa shape index (κ3) is 2.45. The van der Waals surface area contributed by atoms with Gasteiger partial charge in [0.2, 0.25) is 0 Å². The van der Waals surface area contributed by atoms with E-state index in [4.69, 9.17) is 5.73 Å². The van der Waals surface area contributed by atoms with Crippen LogP contribution < -0.4 is 5.73 Å². The average molecular weight is 265 g/mol. The SMILES string of the molecule is Cc1ccc(N)c(C(=O)c2cc(F)c(F)cc2F)c1. The van der Waals surface area contributed by atoms with Crippen LogP contribution in [0.25, 0.3) is 0 Å². The van der Waals surface area contributed by atoms with Gasteiger partial charge in [0, 0.05) is 17.3 Å². The predicted octanol–water partition coefficient (Wildman–Crippen LogP) is 3.23. The van der Waals surface area contributed by atoms with Gasteiger partial charge in [0.15, 0.2) is 17.4 Å². The van der Waals surface area contributed by atoms with Gasteiger partial charge in [0.25, 0.3) is 0 Å². The Morgan fingerprint density at radius 1 is 0.947 bits per heavy atom. The number of carbonyl (C=O) groups excluding carboxylic acids is 1. The summed E-state index contributed by atoms with van der Waals surface area (Å²) in [6.45, 7) is 1.73. The number of anilines is 1. The van der Waals surface area contributed by atoms with E-state index in [1.807, 2.05) is 0 Å². The number of carbonyl (C=O) groups is 1. The van der Waals surface area contributed by atoms with E-state index in [9.17, 15) is 18.0 Å². The van der Waals surface area contributed by atoms with E-state index in [1.54, 1.807) is 13.0 Å². The number of rotatable bonds is 2. The minimum absolute atomic E-state index is 0.0601. The summed E-state index contributed by atoms with van der Waals surface area (Å²) < 4.78 is 39.4. The van der Waals surface area contributed by atoms with Crippen LogP contribution in [-0.4, -0.2) is 5.78 Å². The summed E-state index contributed by atoms with van der Waals surface area (Å²) in [6.07, 6.45) is 0. The fraction of sp³-hybridized carbons (Fsp3) is 0.0714. The van der Waals surface area contributed by atoms with Crippen LogP contribution >= 0.6 is 0 Å². The Balaban J connectivity index is 2.56. The number of ketones is 1. The lowest BCUT2D eigenvalue weighted by atomic mass is 9.99. The minimum Gasteiger partial charge on any atom is -0.398 e. The molecule has 0 fully saturated rings. The first-order valence-electron chi connectivity index (χ1n) is 5.45. The lowest BCUT2D eigenvalue weighted by molar-refractivity contribution is 0.103. The summed E-state index contributed by atoms with van der Waals surface area (Å²) in [5.74, 6) is -4.52. The Bertz CT molecular complexity index is 668. The van der Waals surface area contributed by atoms with E-state index in [-0.39, 0.29) is 11.3 Å². The Labute approximate surface area is 107 Å². The molecule has 19 heavy (non-hydrogen) atoms. The van der Waals surface area contributed by atoms with E-state index in [1.165, 1.54) is 12.1 Å². The van der Waals surface area contributed by atoms with Crippen LogP contribution in [0.4, 0.5) is 18.9 Å². The molecule has 0 saturated heterocycles. The van der Waals surface area contributed by atoms with Gasteiger partial charge in [-0.15, -0.1) is 0 Å². The molecule has 0 amide bonds. The largest absolute Gasteiger partial charge is 0.398 e. The van der Waals surface area contributed by atoms with Gasteiger partial charge in [0.1, 0.15) is 5.82 Å². The van der Waals surface area contributed by atoms with Crippen molar-refractivity contribution >= 4 is 11.5 Å². The number of hydrogen-bond acceptors (Lipinski definition) is 2. The number of aryl methyl sites for hydroxylation is 1. The van der Waals surface area contributed by atoms with Crippen molar-refractivity contribution in [3.05, 3.63) is 64.5 Å². The number of nitrogen functional groups attached to an aromatic ring is 1. The van der Waals surface area contributed by atoms with Gasteiger partial charge in [-0.05, 0) is 25.1 Å². The van der Waals surface area contributed by atoms with E-state index < -0.39 is 28.8 Å². The number of nitrogens with two attached hydrogens (primary N) is 1. The Hall–Kier alpha value is -2.30. The summed E-state index contributed by atoms with van der Waals surface area (Å²) in [5.41, 5.74) is 6.05. The zero-order valence-electron chi connectivity index (χ0n) is 10.0. The zero-order chi connectivity index (χ0) is 14.2. The lowest BCUT2D eigenvalue weighted by Crippen LogP contribution is -2.09. The Kier molecular flexibility index (Phi) is 3.29. The molecule has 0 heterocycles. The molecule has 0 bridgehead atoms. The molecule has 2 rings (SSSR count). The molecular weight excluding hydrogens is 255 g/mol. The van der Waals surface area contributed by atoms with E-state index >= 15 is 0 Å². The molecule has 0 atom stereocenters. The van der Waals surface area contributed by atoms with Gasteiger partial charge in [-0.1, -0.05) is 11.6 Å². The van der Waals surface area contributed by atoms with Crippen LogP contribution in [0.15, 0.2) is 30.3 Å². The summed E-state index contributed by atoms with van der Waals surface area (Å²) in [6, 6.07) is 5.54. The van der Waals surface area contributed by atoms with E-state index in [0.29, 0.717) is 12.1 Å². The van der Waals surface area contributed by atoms with Gasteiger partial charge in [-0.3, -0.25) is 4.79 Å². The van der Waals surface area contributed by atoms with Crippen molar-refractivity contribution in [2.24, 2.45) is 0 Å². The Morgan fingerprint density at radius 3 is 2.26 bits per heavy atom. The molecule has 2 aromatic carbocycles. The quantitative estimate of drug-likeness (QED) is 0.514. The van der Waals surface area contributed by atoms with Gasteiger partial charge in [-0.25, -0.2) is 13.2 Å². The standard InChI is InChI=1S/C14H10F3NO/c1-7-2-3-13(18)9(4-7)14(19)8-5-11(16)12(17)6-10(8)15/h2-6H,18H2,1H3. The second kappa shape index (κ2) is 4.76. The highest BCUT2D eigenvalue weighted by molar-refractivity contribution is 6.12. The van der Waals surface area contributed by atoms with Crippen LogP contribution in [0.5, 0.6) is 0 Å². The molecule has 0 aliphatic carbocycles. The average Bonchev–Trinajstić information content (AvgIpc) is 2.36. The van der Waals surface area contributed by atoms with E-state index in [0.717, 1.165) is 5.56 Å². The number of halogens is 3. The van der Waals surface area contributed by atoms with Crippen molar-refractivity contribution < 1.29 is 18.0 Å². The highest BCUT2D eigenvalue weighted by Gasteiger charge is 2.19. The first-order chi connectivity index (χ1) is 8.90. The molecule has 2 aromatic rings. The summed E-state index contributed by atoms with van der Waals surface area (Å²) in [4.78, 5) is 12.1. The molecule has 0 aliphatic rings. The van der Waals surface area contributed by atoms with Crippen molar-refractivity contribution in [2.45, 2.75) is 6.92 Å². The summed E-state index contributed by atoms with van der Waals surface area (Å²) in [7, 11) is 0. The zero-order valence-corrected chi connectivity index (χ0v) is 10.0. The van der Waals surface area contributed by atoms with Gasteiger partial charge < -0.3 is 5.73 Å². The van der Waals surface area contributed by atoms with Crippen molar-refractivity contribution in [1.82, 2.24) is 0 Å². The van der Waals surface area contributed by atoms with Gasteiger partial charge in [0.05, 0.1) is 5.56 Å². The Morgan fingerprint density at radius 2 is 1.58 bits per heavy atom. The van der Waals surface area contributed by atoms with Crippen LogP contribution in [0.2, 0.25) is 0 Å². The van der Waals surface area contributed by atoms with Gasteiger partial charge in [-0.2, -0.15) is 0 Å². The predicted molar refractivity (Wildman–Crippen MR) is 65.3 cm³/mol. The summed E-state index contributed by atoms with van der Waals surface area (Å²) in [5, 5.41) is 0. The number of hydrogen-bond donors (Lipinski definition) is 1. The molecule has 2 nitrogen and oxygen atoms in total. The normalized spacial score (nSPS) is 10.5. The molecule has 0 unspecified atom stereocenters. The third-order valence-corrected chi connectivity index (χ3v) is 2.71. The second-order valence-corrected chi connectivity index (χ2v) is 4.17. The maximum Gasteiger partial charge on any atom is 0.198 e. The molecule has 0 saturated carbocycles. The van der Waals surface area contributed by atoms with Crippen LogP contribution in [0.3, 0.4) is 0 Å². The van der Waals surface area contributed by atoms with Crippen LogP contribution in [0, 0.1) is 24.4 Å². The van der Waals surface area contributed by atoms with E-state index in [2.05, 4.69) is 0 Å². The molecule has 0 radical (unpaired) electrons. The molecule has 0 spiro atoms. The molecule has 2 N–H and O–H groups in total. The second-order valence-electron chi connectivity index (χ2n) is 4.17. The van der Waals surface area contributed by atoms with Gasteiger partial charge >= 0.3 is 0 Å². The van der Waals surface area contributed by atoms with Crippen LogP contribution in [-0.2, 0) is 0 Å². The topological polar surface area (TPSA) is 43.1 Å². The highest BCUT2D eigenvalue weighted by atomic mass is 19.2. The molecule has 0 aliphatic heterocycles. The highest BCUT2D eigenvalue weighted by Crippen LogP contribution is 2.21. The molecular formula is C14H10F3NO. The first-order valence-corrected chi connectivity index (χ1v) is 5.45. The molecule has 5 heteroatoms. The first kappa shape index (κ1) is 13.1. The monoisotopic (exact) mass is 265 g/mol. The fourth-order valence-corrected chi connectivity index (χ4v) is 1.71. The molecule has 0 aromatic heterocycles. The van der Waals surface area contributed by atoms with Crippen molar-refractivity contribution in [3.8, 4) is 0 Å². The molecule has 98 valence electrons. The maximum absolute atomic E-state index is 13.5. The van der Waals surface area contributed by atoms with Crippen LogP contribution in [0.1, 0.15) is 21.5 Å². The lowest BCUT2D eigenvalue weighted by Gasteiger charge is -2.07. The fourth-order valence-electron chi connectivity index (χ4n) is 1.71. The van der Waals surface area contributed by atoms with Crippen molar-refractivity contribution in [3.63, 3.8) is 0 Å². The summed E-state index contributed by atoms with van der Waals surface area (Å²) >= 11 is 0. The smallest absolute Gasteiger partial charge is 0.198 e. The number of benzene rings is 2. The third-order valence-electron chi connectivity index (χ3n) is 2.71. The van der Waals surface area contributed by atoms with Crippen molar-refractivity contribution in [1.29, 1.82) is 0 Å². The maximum atomic E-state index is 13.5.